The number of halogens is 3. The van der Waals surface area contributed by atoms with E-state index in [4.69, 9.17) is 9.47 Å². The molecule has 0 rings (SSSR count). The van der Waals surface area contributed by atoms with Gasteiger partial charge in [-0.3, -0.25) is 9.59 Å². The molecule has 0 saturated carbocycles. The fourth-order valence-electron chi connectivity index (χ4n) is 2.12. The summed E-state index contributed by atoms with van der Waals surface area (Å²) in [5, 5.41) is 3.90. The van der Waals surface area contributed by atoms with Crippen molar-refractivity contribution >= 4 is 30.4 Å². The lowest BCUT2D eigenvalue weighted by atomic mass is 10.1. The summed E-state index contributed by atoms with van der Waals surface area (Å²) in [6.45, 7) is 0. The number of rotatable bonds is 12. The molecule has 0 radical (unpaired) electrons. The monoisotopic (exact) mass is 418 g/mol. The molecule has 2 amide bonds. The zero-order valence-electron chi connectivity index (χ0n) is 15.3. The molecule has 0 heterocycles. The summed E-state index contributed by atoms with van der Waals surface area (Å²) in [6.07, 6.45) is -4.82. The summed E-state index contributed by atoms with van der Waals surface area (Å²) in [5.74, 6) is -3.90. The highest BCUT2D eigenvalue weighted by Gasteiger charge is 2.41. The second-order valence-electron chi connectivity index (χ2n) is 5.45. The van der Waals surface area contributed by atoms with Crippen LogP contribution in [-0.4, -0.2) is 69.4 Å². The third-order valence-electron chi connectivity index (χ3n) is 3.56. The number of carbonyl (C=O) groups excluding carboxylic acids is 3. The fourth-order valence-corrected chi connectivity index (χ4v) is 2.38. The number of hydrogen-bond acceptors (Lipinski definition) is 7. The minimum absolute atomic E-state index is 0.0441. The molecule has 2 atom stereocenters. The number of esters is 1. The summed E-state index contributed by atoms with van der Waals surface area (Å²) < 4.78 is 51.8. The number of amides is 2. The Bertz CT molecular complexity index is 489. The van der Waals surface area contributed by atoms with Gasteiger partial charge in [-0.25, -0.2) is 4.79 Å². The predicted octanol–water partition coefficient (Wildman–Crippen LogP) is 0.800. The first kappa shape index (κ1) is 25.5. The Morgan fingerprint density at radius 2 is 1.56 bits per heavy atom. The molecule has 0 aliphatic rings. The molecule has 8 nitrogen and oxygen atoms in total. The predicted molar refractivity (Wildman–Crippen MR) is 92.1 cm³/mol. The van der Waals surface area contributed by atoms with Crippen LogP contribution in [0.25, 0.3) is 0 Å². The van der Waals surface area contributed by atoms with Gasteiger partial charge in [0, 0.05) is 14.2 Å². The number of thiol groups is 1. The van der Waals surface area contributed by atoms with E-state index in [0.717, 1.165) is 7.11 Å². The van der Waals surface area contributed by atoms with Gasteiger partial charge in [0.25, 0.3) is 0 Å². The van der Waals surface area contributed by atoms with Crippen molar-refractivity contribution in [1.29, 1.82) is 0 Å². The smallest absolute Gasteiger partial charge is 0.467 e. The van der Waals surface area contributed by atoms with Crippen molar-refractivity contribution in [1.82, 2.24) is 10.6 Å². The van der Waals surface area contributed by atoms with Crippen LogP contribution in [0, 0.1) is 0 Å². The van der Waals surface area contributed by atoms with Crippen LogP contribution in [0.4, 0.5) is 13.2 Å². The van der Waals surface area contributed by atoms with Gasteiger partial charge in [-0.1, -0.05) is 0 Å². The number of alkyl halides is 3. The second kappa shape index (κ2) is 12.8. The molecule has 0 aliphatic heterocycles. The lowest BCUT2D eigenvalue weighted by Gasteiger charge is -2.22. The van der Waals surface area contributed by atoms with E-state index in [1.165, 1.54) is 14.2 Å². The fraction of sp³-hybridized carbons (Fsp3) is 0.800. The van der Waals surface area contributed by atoms with Crippen molar-refractivity contribution < 1.29 is 41.8 Å². The third-order valence-corrected chi connectivity index (χ3v) is 3.82. The summed E-state index contributed by atoms with van der Waals surface area (Å²) in [6, 6.07) is -2.59. The van der Waals surface area contributed by atoms with Crippen molar-refractivity contribution in [2.45, 2.75) is 50.2 Å². The molecule has 0 spiro atoms. The van der Waals surface area contributed by atoms with E-state index in [1.807, 2.05) is 0 Å². The zero-order valence-corrected chi connectivity index (χ0v) is 16.2. The van der Waals surface area contributed by atoms with Gasteiger partial charge >= 0.3 is 18.1 Å². The molecule has 0 aromatic carbocycles. The number of hydrogen-bond donors (Lipinski definition) is 3. The first-order valence-electron chi connectivity index (χ1n) is 8.03. The zero-order chi connectivity index (χ0) is 21.0. The maximum atomic E-state index is 12.4. The average Bonchev–Trinajstić information content (AvgIpc) is 2.62. The standard InChI is InChI=1S/C15H25F3N2O6S/c1-24-11(25-2)6-4-5-10(13(22)26-3)19-12(21)9(7-8-27)20-14(23)15(16,17)18/h9-11,27H,4-8H2,1-3H3,(H,19,21)(H,20,23)/t9-,10-/m0/s1. The highest BCUT2D eigenvalue weighted by atomic mass is 32.1. The van der Waals surface area contributed by atoms with Crippen LogP contribution < -0.4 is 10.6 Å². The van der Waals surface area contributed by atoms with Crippen LogP contribution in [0.3, 0.4) is 0 Å². The summed E-state index contributed by atoms with van der Waals surface area (Å²) in [4.78, 5) is 35.2. The van der Waals surface area contributed by atoms with Gasteiger partial charge in [-0.05, 0) is 31.4 Å². The van der Waals surface area contributed by atoms with Crippen molar-refractivity contribution in [3.8, 4) is 0 Å². The highest BCUT2D eigenvalue weighted by Crippen LogP contribution is 2.15. The molecular formula is C15H25F3N2O6S. The lowest BCUT2D eigenvalue weighted by molar-refractivity contribution is -0.174. The van der Waals surface area contributed by atoms with E-state index in [0.29, 0.717) is 12.8 Å². The average molecular weight is 418 g/mol. The van der Waals surface area contributed by atoms with Gasteiger partial charge in [0.05, 0.1) is 7.11 Å². The minimum atomic E-state index is -5.13. The molecule has 0 saturated heterocycles. The van der Waals surface area contributed by atoms with E-state index in [9.17, 15) is 27.6 Å². The van der Waals surface area contributed by atoms with Crippen LogP contribution >= 0.6 is 12.6 Å². The Kier molecular flexibility index (Phi) is 12.1. The first-order valence-corrected chi connectivity index (χ1v) is 8.66. The van der Waals surface area contributed by atoms with Crippen LogP contribution in [0.15, 0.2) is 0 Å². The van der Waals surface area contributed by atoms with Gasteiger partial charge in [-0.15, -0.1) is 0 Å². The topological polar surface area (TPSA) is 103 Å². The second-order valence-corrected chi connectivity index (χ2v) is 5.90. The van der Waals surface area contributed by atoms with Crippen molar-refractivity contribution in [3.05, 3.63) is 0 Å². The van der Waals surface area contributed by atoms with Crippen LogP contribution in [-0.2, 0) is 28.6 Å². The van der Waals surface area contributed by atoms with E-state index in [-0.39, 0.29) is 18.6 Å². The Labute approximate surface area is 160 Å². The SMILES string of the molecule is COC(=O)[C@H](CCCC(OC)OC)NC(=O)[C@H](CCS)NC(=O)C(F)(F)F. The van der Waals surface area contributed by atoms with Gasteiger partial charge in [0.2, 0.25) is 5.91 Å². The lowest BCUT2D eigenvalue weighted by Crippen LogP contribution is -2.54. The number of ether oxygens (including phenoxy) is 3. The summed E-state index contributed by atoms with van der Waals surface area (Å²) >= 11 is 3.87. The molecule has 27 heavy (non-hydrogen) atoms. The maximum absolute atomic E-state index is 12.4. The third kappa shape index (κ3) is 9.82. The van der Waals surface area contributed by atoms with Gasteiger partial charge in [0.1, 0.15) is 12.1 Å². The Morgan fingerprint density at radius 1 is 0.963 bits per heavy atom. The molecule has 158 valence electrons. The summed E-state index contributed by atoms with van der Waals surface area (Å²) in [5.41, 5.74) is 0. The molecule has 0 fully saturated rings. The van der Waals surface area contributed by atoms with Crippen LogP contribution in [0.1, 0.15) is 25.7 Å². The van der Waals surface area contributed by atoms with Gasteiger partial charge < -0.3 is 24.8 Å². The molecule has 0 aromatic rings. The Balaban J connectivity index is 4.95. The van der Waals surface area contributed by atoms with Crippen molar-refractivity contribution in [2.24, 2.45) is 0 Å². The molecule has 0 bridgehead atoms. The highest BCUT2D eigenvalue weighted by molar-refractivity contribution is 7.80. The number of carbonyl (C=O) groups is 3. The number of methoxy groups -OCH3 is 3. The molecule has 0 aliphatic carbocycles. The number of nitrogens with one attached hydrogen (secondary N) is 2. The van der Waals surface area contributed by atoms with Crippen molar-refractivity contribution in [3.63, 3.8) is 0 Å². The van der Waals surface area contributed by atoms with E-state index < -0.39 is 42.3 Å². The summed E-state index contributed by atoms with van der Waals surface area (Å²) in [7, 11) is 4.00. The largest absolute Gasteiger partial charge is 0.471 e. The van der Waals surface area contributed by atoms with Gasteiger partial charge in [-0.2, -0.15) is 25.8 Å². The molecular weight excluding hydrogens is 393 g/mol. The minimum Gasteiger partial charge on any atom is -0.467 e. The Morgan fingerprint density at radius 3 is 2.00 bits per heavy atom. The van der Waals surface area contributed by atoms with Crippen molar-refractivity contribution in [2.75, 3.05) is 27.1 Å². The van der Waals surface area contributed by atoms with Crippen LogP contribution in [0.2, 0.25) is 0 Å². The maximum Gasteiger partial charge on any atom is 0.471 e. The van der Waals surface area contributed by atoms with Crippen LogP contribution in [0.5, 0.6) is 0 Å². The first-order chi connectivity index (χ1) is 12.6. The quantitative estimate of drug-likeness (QED) is 0.246. The van der Waals surface area contributed by atoms with Gasteiger partial charge in [0.15, 0.2) is 6.29 Å². The normalized spacial score (nSPS) is 13.8. The van der Waals surface area contributed by atoms with E-state index >= 15 is 0 Å². The molecule has 0 unspecified atom stereocenters. The van der Waals surface area contributed by atoms with E-state index in [2.05, 4.69) is 22.7 Å². The molecule has 0 aromatic heterocycles. The molecule has 12 heteroatoms. The Hall–Kier alpha value is -1.53. The molecule has 2 N–H and O–H groups in total. The van der Waals surface area contributed by atoms with E-state index in [1.54, 1.807) is 5.32 Å².